The summed E-state index contributed by atoms with van der Waals surface area (Å²) in [6, 6.07) is 15.1. The van der Waals surface area contributed by atoms with Gasteiger partial charge in [-0.1, -0.05) is 41.1 Å². The third kappa shape index (κ3) is 3.66. The van der Waals surface area contributed by atoms with Crippen molar-refractivity contribution < 1.29 is 19.4 Å². The van der Waals surface area contributed by atoms with Gasteiger partial charge in [-0.25, -0.2) is 9.97 Å². The second-order valence-corrected chi connectivity index (χ2v) is 10.4. The fourth-order valence-electron chi connectivity index (χ4n) is 4.79. The van der Waals surface area contributed by atoms with Crippen LogP contribution in [0.15, 0.2) is 66.4 Å². The van der Waals surface area contributed by atoms with Gasteiger partial charge in [0.25, 0.3) is 5.78 Å². The number of hydrogen-bond donors (Lipinski definition) is 1. The summed E-state index contributed by atoms with van der Waals surface area (Å²) >= 11 is 7.40. The number of pyridine rings is 1. The number of imidazole rings is 1. The van der Waals surface area contributed by atoms with E-state index in [0.29, 0.717) is 38.3 Å². The van der Waals surface area contributed by atoms with Crippen LogP contribution in [-0.4, -0.2) is 38.3 Å². The number of anilines is 1. The summed E-state index contributed by atoms with van der Waals surface area (Å²) in [7, 11) is 1.57. The van der Waals surface area contributed by atoms with Crippen molar-refractivity contribution in [3.63, 3.8) is 0 Å². The van der Waals surface area contributed by atoms with Crippen molar-refractivity contribution >= 4 is 61.4 Å². The summed E-state index contributed by atoms with van der Waals surface area (Å²) < 4.78 is 7.96. The first-order chi connectivity index (χ1) is 18.3. The average molecular weight is 545 g/mol. The van der Waals surface area contributed by atoms with Gasteiger partial charge in [0.05, 0.1) is 34.6 Å². The molecular weight excluding hydrogens is 524 g/mol. The van der Waals surface area contributed by atoms with Gasteiger partial charge >= 0.3 is 5.91 Å². The van der Waals surface area contributed by atoms with Crippen LogP contribution in [0.3, 0.4) is 0 Å². The molecule has 0 aliphatic carbocycles. The Labute approximate surface area is 226 Å². The molecule has 1 unspecified atom stereocenters. The second kappa shape index (κ2) is 8.97. The number of thiazole rings is 1. The van der Waals surface area contributed by atoms with E-state index in [4.69, 9.17) is 16.3 Å². The summed E-state index contributed by atoms with van der Waals surface area (Å²) in [5.41, 5.74) is 3.66. The minimum atomic E-state index is -0.931. The van der Waals surface area contributed by atoms with E-state index >= 15 is 0 Å². The summed E-state index contributed by atoms with van der Waals surface area (Å²) in [5.74, 6) is -1.28. The van der Waals surface area contributed by atoms with Gasteiger partial charge in [-0.05, 0) is 61.4 Å². The molecule has 1 saturated heterocycles. The fraction of sp³-hybridized carbons (Fsp3) is 0.143. The molecule has 0 radical (unpaired) electrons. The number of nitrogens with zero attached hydrogens (tertiary/aromatic N) is 4. The second-order valence-electron chi connectivity index (χ2n) is 8.98. The number of aryl methyl sites for hydroxylation is 2. The van der Waals surface area contributed by atoms with E-state index in [1.807, 2.05) is 42.6 Å². The third-order valence-corrected chi connectivity index (χ3v) is 8.00. The first kappa shape index (κ1) is 24.1. The molecule has 6 rings (SSSR count). The number of rotatable bonds is 4. The van der Waals surface area contributed by atoms with E-state index in [0.717, 1.165) is 10.3 Å². The lowest BCUT2D eigenvalue weighted by Crippen LogP contribution is -2.29. The Morgan fingerprint density at radius 2 is 1.84 bits per heavy atom. The minimum Gasteiger partial charge on any atom is -0.505 e. The molecule has 1 aliphatic heterocycles. The number of carbonyl (C=O) groups is 2. The average Bonchev–Trinajstić information content (AvgIpc) is 3.56. The highest BCUT2D eigenvalue weighted by molar-refractivity contribution is 7.22. The molecule has 0 saturated carbocycles. The molecule has 0 spiro atoms. The quantitative estimate of drug-likeness (QED) is 0.173. The molecule has 1 atom stereocenters. The molecule has 2 aromatic carbocycles. The topological polar surface area (TPSA) is 97.0 Å². The number of amides is 1. The highest BCUT2D eigenvalue weighted by Gasteiger charge is 2.48. The Bertz CT molecular complexity index is 1810. The lowest BCUT2D eigenvalue weighted by atomic mass is 9.96. The van der Waals surface area contributed by atoms with Gasteiger partial charge in [0.15, 0.2) is 10.9 Å². The molecule has 3 aromatic heterocycles. The zero-order chi connectivity index (χ0) is 26.7. The zero-order valence-corrected chi connectivity index (χ0v) is 22.2. The molecule has 0 bridgehead atoms. The van der Waals surface area contributed by atoms with E-state index in [1.165, 1.54) is 16.2 Å². The third-order valence-electron chi connectivity index (χ3n) is 6.73. The number of carbonyl (C=O) groups excluding carboxylic acids is 2. The number of fused-ring (bicyclic) bond motifs is 2. The maximum Gasteiger partial charge on any atom is 0.301 e. The van der Waals surface area contributed by atoms with Crippen LogP contribution in [0.5, 0.6) is 5.75 Å². The number of aromatic nitrogens is 3. The number of halogens is 1. The van der Waals surface area contributed by atoms with Crippen LogP contribution in [-0.2, 0) is 9.59 Å². The Kier molecular flexibility index (Phi) is 5.70. The van der Waals surface area contributed by atoms with Crippen molar-refractivity contribution in [1.82, 2.24) is 14.4 Å². The van der Waals surface area contributed by atoms with Crippen LogP contribution in [0, 0.1) is 13.8 Å². The van der Waals surface area contributed by atoms with Crippen LogP contribution < -0.4 is 9.64 Å². The van der Waals surface area contributed by atoms with E-state index in [2.05, 4.69) is 9.97 Å². The number of aliphatic hydroxyl groups is 1. The molecule has 1 aliphatic rings. The van der Waals surface area contributed by atoms with E-state index in [1.54, 1.807) is 43.5 Å². The standard InChI is InChI=1S/C28H21ClN4O4S/c1-14-5-4-12-32-15(2)22(31-26(14)32)24(34)21-23(16-6-8-17(29)9-7-16)33(27(36)25(21)35)28-30-19-11-10-18(37-3)13-20(19)38-28/h4-13,23,34H,1-3H3/b24-21+. The maximum atomic E-state index is 13.6. The highest BCUT2D eigenvalue weighted by atomic mass is 35.5. The summed E-state index contributed by atoms with van der Waals surface area (Å²) in [6.45, 7) is 3.73. The molecule has 38 heavy (non-hydrogen) atoms. The molecule has 8 nitrogen and oxygen atoms in total. The number of aliphatic hydroxyl groups excluding tert-OH is 1. The van der Waals surface area contributed by atoms with Gasteiger partial charge in [-0.15, -0.1) is 0 Å². The van der Waals surface area contributed by atoms with Crippen molar-refractivity contribution in [3.05, 3.63) is 93.9 Å². The molecule has 5 aromatic rings. The van der Waals surface area contributed by atoms with Crippen LogP contribution in [0.1, 0.15) is 28.6 Å². The van der Waals surface area contributed by atoms with E-state index in [-0.39, 0.29) is 17.0 Å². The first-order valence-corrected chi connectivity index (χ1v) is 12.9. The van der Waals surface area contributed by atoms with Crippen molar-refractivity contribution in [3.8, 4) is 5.75 Å². The molecule has 10 heteroatoms. The van der Waals surface area contributed by atoms with Gasteiger partial charge in [0.2, 0.25) is 0 Å². The minimum absolute atomic E-state index is 0.0571. The Hall–Kier alpha value is -4.21. The number of hydrogen-bond acceptors (Lipinski definition) is 7. The van der Waals surface area contributed by atoms with Crippen molar-refractivity contribution in [2.45, 2.75) is 19.9 Å². The molecule has 1 amide bonds. The van der Waals surface area contributed by atoms with Crippen molar-refractivity contribution in [2.75, 3.05) is 12.0 Å². The van der Waals surface area contributed by atoms with Gasteiger partial charge in [-0.3, -0.25) is 14.5 Å². The van der Waals surface area contributed by atoms with E-state index < -0.39 is 17.7 Å². The number of ether oxygens (including phenoxy) is 1. The van der Waals surface area contributed by atoms with Gasteiger partial charge < -0.3 is 14.2 Å². The van der Waals surface area contributed by atoms with E-state index in [9.17, 15) is 14.7 Å². The number of benzene rings is 2. The summed E-state index contributed by atoms with van der Waals surface area (Å²) in [4.78, 5) is 37.7. The van der Waals surface area contributed by atoms with Crippen molar-refractivity contribution in [1.29, 1.82) is 0 Å². The largest absolute Gasteiger partial charge is 0.505 e. The molecule has 1 fully saturated rings. The lowest BCUT2D eigenvalue weighted by Gasteiger charge is -2.22. The van der Waals surface area contributed by atoms with Crippen LogP contribution in [0.2, 0.25) is 5.02 Å². The molecule has 4 heterocycles. The molecule has 190 valence electrons. The van der Waals surface area contributed by atoms with Crippen LogP contribution in [0.25, 0.3) is 21.6 Å². The molecule has 1 N–H and O–H groups in total. The maximum absolute atomic E-state index is 13.6. The SMILES string of the molecule is COc1ccc2nc(N3C(=O)C(=O)/C(=C(/O)c4nc5c(C)cccn5c4C)C3c3ccc(Cl)cc3)sc2c1. The number of Topliss-reactive ketones (excluding diaryl/α,β-unsaturated/α-hetero) is 1. The Morgan fingerprint density at radius 3 is 2.55 bits per heavy atom. The zero-order valence-electron chi connectivity index (χ0n) is 20.6. The number of ketones is 1. The van der Waals surface area contributed by atoms with Crippen LogP contribution in [0.4, 0.5) is 5.13 Å². The Balaban J connectivity index is 1.58. The monoisotopic (exact) mass is 544 g/mol. The summed E-state index contributed by atoms with van der Waals surface area (Å²) in [5, 5.41) is 12.4. The normalized spacial score (nSPS) is 17.2. The fourth-order valence-corrected chi connectivity index (χ4v) is 5.93. The predicted molar refractivity (Wildman–Crippen MR) is 147 cm³/mol. The van der Waals surface area contributed by atoms with Gasteiger partial charge in [0.1, 0.15) is 17.1 Å². The predicted octanol–water partition coefficient (Wildman–Crippen LogP) is 5.85. The first-order valence-electron chi connectivity index (χ1n) is 11.7. The number of methoxy groups -OCH3 is 1. The highest BCUT2D eigenvalue weighted by Crippen LogP contribution is 2.45. The Morgan fingerprint density at radius 1 is 1.08 bits per heavy atom. The van der Waals surface area contributed by atoms with Gasteiger partial charge in [-0.2, -0.15) is 0 Å². The smallest absolute Gasteiger partial charge is 0.301 e. The summed E-state index contributed by atoms with van der Waals surface area (Å²) in [6.07, 6.45) is 1.84. The van der Waals surface area contributed by atoms with Crippen molar-refractivity contribution in [2.24, 2.45) is 0 Å². The molecular formula is C28H21ClN4O4S. The van der Waals surface area contributed by atoms with Crippen LogP contribution >= 0.6 is 22.9 Å². The lowest BCUT2D eigenvalue weighted by molar-refractivity contribution is -0.132. The van der Waals surface area contributed by atoms with Gasteiger partial charge in [0, 0.05) is 11.2 Å².